The van der Waals surface area contributed by atoms with Crippen LogP contribution in [0.4, 0.5) is 9.93 Å². The van der Waals surface area contributed by atoms with Crippen molar-refractivity contribution in [1.29, 1.82) is 0 Å². The molecule has 0 aliphatic carbocycles. The quantitative estimate of drug-likeness (QED) is 0.678. The molecule has 1 aromatic carbocycles. The summed E-state index contributed by atoms with van der Waals surface area (Å²) in [6, 6.07) is 5.09. The third-order valence-corrected chi connectivity index (χ3v) is 8.59. The van der Waals surface area contributed by atoms with Crippen LogP contribution in [0.3, 0.4) is 0 Å². The average molecular weight is 499 g/mol. The number of ether oxygens (including phenoxy) is 1. The van der Waals surface area contributed by atoms with E-state index < -0.39 is 22.0 Å². The summed E-state index contributed by atoms with van der Waals surface area (Å²) in [4.78, 5) is 32.0. The maximum absolute atomic E-state index is 13.1. The lowest BCUT2D eigenvalue weighted by molar-refractivity contribution is -0.119. The first-order valence-electron chi connectivity index (χ1n) is 10.3. The highest BCUT2D eigenvalue weighted by atomic mass is 35.5. The van der Waals surface area contributed by atoms with Gasteiger partial charge in [-0.25, -0.2) is 18.2 Å². The van der Waals surface area contributed by atoms with Crippen LogP contribution in [-0.4, -0.2) is 60.3 Å². The molecule has 2 aliphatic heterocycles. The molecular weight excluding hydrogens is 476 g/mol. The summed E-state index contributed by atoms with van der Waals surface area (Å²) < 4.78 is 32.4. The smallest absolute Gasteiger partial charge is 0.410 e. The Morgan fingerprint density at radius 2 is 2.03 bits per heavy atom. The van der Waals surface area contributed by atoms with E-state index in [1.807, 2.05) is 0 Å². The number of benzene rings is 1. The highest BCUT2D eigenvalue weighted by Gasteiger charge is 2.40. The number of nitrogens with zero attached hydrogens (tertiary/aromatic N) is 3. The number of carbonyl (C=O) groups is 2. The molecule has 12 heteroatoms. The van der Waals surface area contributed by atoms with Gasteiger partial charge in [-0.3, -0.25) is 4.79 Å². The van der Waals surface area contributed by atoms with Gasteiger partial charge in [-0.1, -0.05) is 22.9 Å². The number of nitrogens with one attached hydrogen (secondary N) is 1. The molecule has 4 rings (SSSR count). The Bertz CT molecular complexity index is 1120. The molecule has 2 aromatic rings. The molecule has 0 spiro atoms. The summed E-state index contributed by atoms with van der Waals surface area (Å²) in [7, 11) is -3.83. The molecular formula is C20H23ClN4O5S2. The van der Waals surface area contributed by atoms with Gasteiger partial charge in [-0.05, 0) is 44.0 Å². The minimum Gasteiger partial charge on any atom is -0.450 e. The number of carbonyl (C=O) groups excluding carboxylic acids is 2. The van der Waals surface area contributed by atoms with Crippen LogP contribution in [0.15, 0.2) is 29.2 Å². The van der Waals surface area contributed by atoms with Crippen molar-refractivity contribution in [3.8, 4) is 0 Å². The lowest BCUT2D eigenvalue weighted by atomic mass is 10.2. The Morgan fingerprint density at radius 1 is 1.28 bits per heavy atom. The maximum Gasteiger partial charge on any atom is 0.410 e. The second-order valence-electron chi connectivity index (χ2n) is 7.48. The third-order valence-electron chi connectivity index (χ3n) is 5.41. The number of fused-ring (bicyclic) bond motifs is 1. The van der Waals surface area contributed by atoms with Gasteiger partial charge in [0.2, 0.25) is 15.9 Å². The van der Waals surface area contributed by atoms with Crippen LogP contribution in [0.5, 0.6) is 0 Å². The van der Waals surface area contributed by atoms with E-state index in [4.69, 9.17) is 16.3 Å². The first-order valence-corrected chi connectivity index (χ1v) is 12.9. The van der Waals surface area contributed by atoms with Crippen LogP contribution >= 0.6 is 22.9 Å². The third kappa shape index (κ3) is 4.61. The van der Waals surface area contributed by atoms with E-state index in [-0.39, 0.29) is 17.5 Å². The lowest BCUT2D eigenvalue weighted by Crippen LogP contribution is -2.43. The minimum atomic E-state index is -3.83. The summed E-state index contributed by atoms with van der Waals surface area (Å²) in [5, 5.41) is 3.62. The van der Waals surface area contributed by atoms with Gasteiger partial charge in [0.05, 0.1) is 23.7 Å². The van der Waals surface area contributed by atoms with E-state index in [9.17, 15) is 18.0 Å². The molecule has 9 nitrogen and oxygen atoms in total. The number of hydrogen-bond donors (Lipinski definition) is 1. The normalized spacial score (nSPS) is 18.9. The highest BCUT2D eigenvalue weighted by Crippen LogP contribution is 2.31. The predicted molar refractivity (Wildman–Crippen MR) is 120 cm³/mol. The number of hydrogen-bond acceptors (Lipinski definition) is 7. The second-order valence-corrected chi connectivity index (χ2v) is 10.9. The number of amides is 2. The topological polar surface area (TPSA) is 109 Å². The van der Waals surface area contributed by atoms with Crippen LogP contribution in [0.1, 0.15) is 30.3 Å². The molecule has 1 fully saturated rings. The van der Waals surface area contributed by atoms with Crippen LogP contribution in [-0.2, 0) is 32.5 Å². The van der Waals surface area contributed by atoms with E-state index in [0.717, 1.165) is 10.6 Å². The largest absolute Gasteiger partial charge is 0.450 e. The SMILES string of the molecule is CCOC(=O)N1CCc2nc(NC(=O)C3CCCN3S(=O)(=O)c3ccc(Cl)cc3)sc2C1. The molecule has 0 bridgehead atoms. The fourth-order valence-corrected chi connectivity index (χ4v) is 6.65. The second kappa shape index (κ2) is 9.34. The van der Waals surface area contributed by atoms with Crippen LogP contribution in [0.2, 0.25) is 5.02 Å². The van der Waals surface area contributed by atoms with E-state index in [2.05, 4.69) is 10.3 Å². The van der Waals surface area contributed by atoms with Gasteiger partial charge < -0.3 is 15.0 Å². The first-order chi connectivity index (χ1) is 15.3. The van der Waals surface area contributed by atoms with E-state index in [1.165, 1.54) is 39.9 Å². The van der Waals surface area contributed by atoms with E-state index >= 15 is 0 Å². The summed E-state index contributed by atoms with van der Waals surface area (Å²) in [6.07, 6.45) is 1.22. The van der Waals surface area contributed by atoms with Crippen LogP contribution in [0, 0.1) is 0 Å². The number of aromatic nitrogens is 1. The summed E-state index contributed by atoms with van der Waals surface area (Å²) in [5.41, 5.74) is 0.836. The number of halogens is 1. The zero-order chi connectivity index (χ0) is 22.9. The van der Waals surface area contributed by atoms with Crippen molar-refractivity contribution >= 4 is 50.1 Å². The fourth-order valence-electron chi connectivity index (χ4n) is 3.84. The Balaban J connectivity index is 1.46. The van der Waals surface area contributed by atoms with Gasteiger partial charge in [-0.15, -0.1) is 0 Å². The molecule has 1 unspecified atom stereocenters. The standard InChI is InChI=1S/C20H23ClN4O5S2/c1-2-30-20(27)24-11-9-15-17(12-24)31-19(22-15)23-18(26)16-4-3-10-25(16)32(28,29)14-7-5-13(21)6-8-14/h5-8,16H,2-4,9-12H2,1H3,(H,22,23,26). The molecule has 172 valence electrons. The van der Waals surface area contributed by atoms with Crippen molar-refractivity contribution in [2.24, 2.45) is 0 Å². The molecule has 2 amide bonds. The Kier molecular flexibility index (Phi) is 6.70. The van der Waals surface area contributed by atoms with E-state index in [0.29, 0.717) is 49.1 Å². The fraction of sp³-hybridized carbons (Fsp3) is 0.450. The monoisotopic (exact) mass is 498 g/mol. The minimum absolute atomic E-state index is 0.102. The molecule has 32 heavy (non-hydrogen) atoms. The summed E-state index contributed by atoms with van der Waals surface area (Å²) in [5.74, 6) is -0.409. The number of anilines is 1. The predicted octanol–water partition coefficient (Wildman–Crippen LogP) is 3.10. The van der Waals surface area contributed by atoms with E-state index in [1.54, 1.807) is 11.8 Å². The first kappa shape index (κ1) is 23.0. The molecule has 0 radical (unpaired) electrons. The Labute approximate surface area is 195 Å². The zero-order valence-corrected chi connectivity index (χ0v) is 19.8. The molecule has 1 aromatic heterocycles. The molecule has 3 heterocycles. The number of rotatable bonds is 5. The summed E-state index contributed by atoms with van der Waals surface area (Å²) >= 11 is 7.16. The molecule has 1 N–H and O–H groups in total. The van der Waals surface area contributed by atoms with Gasteiger partial charge in [0.1, 0.15) is 6.04 Å². The van der Waals surface area contributed by atoms with Gasteiger partial charge in [0.25, 0.3) is 0 Å². The Hall–Kier alpha value is -2.21. The van der Waals surface area contributed by atoms with Gasteiger partial charge in [0.15, 0.2) is 5.13 Å². The highest BCUT2D eigenvalue weighted by molar-refractivity contribution is 7.89. The Morgan fingerprint density at radius 3 is 2.75 bits per heavy atom. The van der Waals surface area contributed by atoms with Crippen molar-refractivity contribution in [3.63, 3.8) is 0 Å². The molecule has 0 saturated carbocycles. The zero-order valence-electron chi connectivity index (χ0n) is 17.4. The molecule has 1 atom stereocenters. The lowest BCUT2D eigenvalue weighted by Gasteiger charge is -2.24. The van der Waals surface area contributed by atoms with Crippen molar-refractivity contribution in [2.45, 2.75) is 43.7 Å². The van der Waals surface area contributed by atoms with Crippen molar-refractivity contribution in [2.75, 3.05) is 25.0 Å². The molecule has 1 saturated heterocycles. The summed E-state index contributed by atoms with van der Waals surface area (Å²) in [6.45, 7) is 3.21. The van der Waals surface area contributed by atoms with Crippen LogP contribution < -0.4 is 5.32 Å². The van der Waals surface area contributed by atoms with Crippen LogP contribution in [0.25, 0.3) is 0 Å². The number of sulfonamides is 1. The van der Waals surface area contributed by atoms with Gasteiger partial charge in [0, 0.05) is 29.4 Å². The van der Waals surface area contributed by atoms with Gasteiger partial charge in [-0.2, -0.15) is 4.31 Å². The van der Waals surface area contributed by atoms with Crippen molar-refractivity contribution < 1.29 is 22.7 Å². The van der Waals surface area contributed by atoms with Crippen molar-refractivity contribution in [3.05, 3.63) is 39.9 Å². The number of thiazole rings is 1. The maximum atomic E-state index is 13.1. The average Bonchev–Trinajstić information content (AvgIpc) is 3.41. The molecule has 2 aliphatic rings. The van der Waals surface area contributed by atoms with Crippen molar-refractivity contribution in [1.82, 2.24) is 14.2 Å². The van der Waals surface area contributed by atoms with Gasteiger partial charge >= 0.3 is 6.09 Å².